The van der Waals surface area contributed by atoms with Gasteiger partial charge in [-0.2, -0.15) is 0 Å². The van der Waals surface area contributed by atoms with Crippen LogP contribution >= 0.6 is 15.9 Å². The van der Waals surface area contributed by atoms with Crippen molar-refractivity contribution < 1.29 is 0 Å². The van der Waals surface area contributed by atoms with Gasteiger partial charge in [0.25, 0.3) is 0 Å². The van der Waals surface area contributed by atoms with Crippen molar-refractivity contribution in [2.75, 3.05) is 0 Å². The van der Waals surface area contributed by atoms with E-state index in [1.165, 1.54) is 56.9 Å². The molecule has 2 fully saturated rings. The molecule has 3 rings (SSSR count). The van der Waals surface area contributed by atoms with E-state index in [-0.39, 0.29) is 0 Å². The van der Waals surface area contributed by atoms with Gasteiger partial charge in [-0.1, -0.05) is 53.2 Å². The Bertz CT molecular complexity index is 485. The summed E-state index contributed by atoms with van der Waals surface area (Å²) in [7, 11) is 0. The van der Waals surface area contributed by atoms with Crippen molar-refractivity contribution >= 4 is 15.9 Å². The van der Waals surface area contributed by atoms with Crippen LogP contribution in [0.1, 0.15) is 75.3 Å². The van der Waals surface area contributed by atoms with E-state index in [1.54, 1.807) is 5.56 Å². The van der Waals surface area contributed by atoms with Gasteiger partial charge >= 0.3 is 0 Å². The molecule has 0 bridgehead atoms. The van der Waals surface area contributed by atoms with Crippen molar-refractivity contribution in [2.45, 2.75) is 70.6 Å². The molecule has 126 valence electrons. The van der Waals surface area contributed by atoms with E-state index in [0.717, 1.165) is 30.1 Å². The third-order valence-corrected chi connectivity index (χ3v) is 6.76. The summed E-state index contributed by atoms with van der Waals surface area (Å²) in [6.45, 7) is 2.24. The zero-order valence-electron chi connectivity index (χ0n) is 14.5. The molecular formula is C22H31Br. The highest BCUT2D eigenvalue weighted by Crippen LogP contribution is 2.44. The molecule has 2 saturated carbocycles. The largest absolute Gasteiger partial charge is 0.0745 e. The average molecular weight is 375 g/mol. The van der Waals surface area contributed by atoms with Gasteiger partial charge in [0.2, 0.25) is 0 Å². The van der Waals surface area contributed by atoms with Crippen molar-refractivity contribution in [1.82, 2.24) is 0 Å². The zero-order valence-corrected chi connectivity index (χ0v) is 16.1. The Morgan fingerprint density at radius 3 is 1.96 bits per heavy atom. The molecule has 0 radical (unpaired) electrons. The minimum atomic E-state index is 0.824. The summed E-state index contributed by atoms with van der Waals surface area (Å²) >= 11 is 3.43. The average Bonchev–Trinajstić information content (AvgIpc) is 2.63. The van der Waals surface area contributed by atoms with Crippen LogP contribution in [0, 0.1) is 17.8 Å². The van der Waals surface area contributed by atoms with E-state index in [9.17, 15) is 0 Å². The number of benzene rings is 1. The first-order valence-electron chi connectivity index (χ1n) is 9.65. The van der Waals surface area contributed by atoms with Gasteiger partial charge < -0.3 is 0 Å². The normalized spacial score (nSPS) is 32.3. The lowest BCUT2D eigenvalue weighted by Crippen LogP contribution is -2.25. The fourth-order valence-electron chi connectivity index (χ4n) is 4.86. The zero-order chi connectivity index (χ0) is 16.1. The molecule has 1 heteroatoms. The molecule has 0 atom stereocenters. The van der Waals surface area contributed by atoms with E-state index in [1.807, 2.05) is 0 Å². The lowest BCUT2D eigenvalue weighted by molar-refractivity contribution is 0.171. The van der Waals surface area contributed by atoms with Crippen molar-refractivity contribution in [3.63, 3.8) is 0 Å². The first-order chi connectivity index (χ1) is 11.3. The second kappa shape index (κ2) is 8.51. The fourth-order valence-corrected chi connectivity index (χ4v) is 5.29. The van der Waals surface area contributed by atoms with Gasteiger partial charge in [-0.15, -0.1) is 0 Å². The summed E-state index contributed by atoms with van der Waals surface area (Å²) in [4.78, 5) is 2.06. The highest BCUT2D eigenvalue weighted by molar-refractivity contribution is 9.11. The van der Waals surface area contributed by atoms with Crippen molar-refractivity contribution in [2.24, 2.45) is 17.8 Å². The Labute approximate surface area is 150 Å². The van der Waals surface area contributed by atoms with Crippen LogP contribution in [0.15, 0.2) is 35.3 Å². The van der Waals surface area contributed by atoms with E-state index in [2.05, 4.69) is 58.2 Å². The molecule has 0 saturated heterocycles. The first-order valence-corrected chi connectivity index (χ1v) is 10.6. The summed E-state index contributed by atoms with van der Waals surface area (Å²) in [5.41, 5.74) is 3.06. The second-order valence-corrected chi connectivity index (χ2v) is 8.23. The van der Waals surface area contributed by atoms with Crippen LogP contribution in [0.4, 0.5) is 0 Å². The molecular weight excluding hydrogens is 344 g/mol. The topological polar surface area (TPSA) is 0 Å². The monoisotopic (exact) mass is 374 g/mol. The molecule has 2 aliphatic carbocycles. The number of hydrogen-bond donors (Lipinski definition) is 0. The van der Waals surface area contributed by atoms with Crippen LogP contribution in [0.25, 0.3) is 0 Å². The molecule has 1 aromatic carbocycles. The molecule has 0 nitrogen and oxygen atoms in total. The Kier molecular flexibility index (Phi) is 6.39. The second-order valence-electron chi connectivity index (χ2n) is 7.70. The van der Waals surface area contributed by atoms with Gasteiger partial charge in [0.15, 0.2) is 0 Å². The highest BCUT2D eigenvalue weighted by atomic mass is 79.9. The molecule has 0 unspecified atom stereocenters. The molecule has 2 aliphatic rings. The number of hydrogen-bond acceptors (Lipinski definition) is 0. The van der Waals surface area contributed by atoms with Gasteiger partial charge in [-0.3, -0.25) is 0 Å². The first kappa shape index (κ1) is 17.3. The van der Waals surface area contributed by atoms with E-state index in [4.69, 9.17) is 0 Å². The van der Waals surface area contributed by atoms with Gasteiger partial charge in [-0.05, 0) is 97.6 Å². The maximum absolute atomic E-state index is 3.43. The summed E-state index contributed by atoms with van der Waals surface area (Å²) in [5, 5.41) is 0. The third kappa shape index (κ3) is 4.50. The summed E-state index contributed by atoms with van der Waals surface area (Å²) in [5.74, 6) is 3.68. The van der Waals surface area contributed by atoms with Crippen LogP contribution in [-0.2, 0) is 6.42 Å². The van der Waals surface area contributed by atoms with E-state index >= 15 is 0 Å². The van der Waals surface area contributed by atoms with Crippen LogP contribution in [0.5, 0.6) is 0 Å². The van der Waals surface area contributed by atoms with Crippen LogP contribution in [0.2, 0.25) is 0 Å². The van der Waals surface area contributed by atoms with Crippen molar-refractivity contribution in [3.8, 4) is 0 Å². The van der Waals surface area contributed by atoms with Gasteiger partial charge in [0.05, 0.1) is 0 Å². The predicted molar refractivity (Wildman–Crippen MR) is 104 cm³/mol. The number of allylic oxidation sites excluding steroid dienone is 1. The maximum Gasteiger partial charge on any atom is -0.0162 e. The molecule has 1 aromatic rings. The Hall–Kier alpha value is -0.560. The minimum absolute atomic E-state index is 0.824. The summed E-state index contributed by atoms with van der Waals surface area (Å²) in [6, 6.07) is 9.45. The quantitative estimate of drug-likeness (QED) is 0.520. The Morgan fingerprint density at radius 2 is 1.43 bits per heavy atom. The number of rotatable bonds is 4. The molecule has 0 aliphatic heterocycles. The minimum Gasteiger partial charge on any atom is -0.0745 e. The molecule has 0 amide bonds. The number of halogens is 1. The molecule has 0 aromatic heterocycles. The van der Waals surface area contributed by atoms with E-state index < -0.39 is 0 Å². The Balaban J connectivity index is 1.48. The summed E-state index contributed by atoms with van der Waals surface area (Å²) < 4.78 is 0. The molecule has 23 heavy (non-hydrogen) atoms. The van der Waals surface area contributed by atoms with Crippen LogP contribution in [0.3, 0.4) is 0 Å². The van der Waals surface area contributed by atoms with Crippen LogP contribution < -0.4 is 0 Å². The number of aryl methyl sites for hydroxylation is 1. The maximum atomic E-state index is 3.43. The lowest BCUT2D eigenvalue weighted by atomic mass is 9.68. The fraction of sp³-hybridized carbons (Fsp3) is 0.636. The molecule has 0 spiro atoms. The Morgan fingerprint density at radius 1 is 0.870 bits per heavy atom. The lowest BCUT2D eigenvalue weighted by Gasteiger charge is -2.37. The SMILES string of the molecule is CCc1ccc(C2CCC(C3CCC(/C=C/Br)CC3)CC2)cc1. The highest BCUT2D eigenvalue weighted by Gasteiger charge is 2.30. The van der Waals surface area contributed by atoms with E-state index in [0.29, 0.717) is 0 Å². The van der Waals surface area contributed by atoms with Gasteiger partial charge in [0.1, 0.15) is 0 Å². The van der Waals surface area contributed by atoms with Crippen LogP contribution in [-0.4, -0.2) is 0 Å². The summed E-state index contributed by atoms with van der Waals surface area (Å²) in [6.07, 6.45) is 15.0. The molecule has 0 heterocycles. The standard InChI is InChI=1S/C22H31Br/c1-2-17-3-7-19(8-4-17)21-11-13-22(14-12-21)20-9-5-18(6-10-20)15-16-23/h3-4,7-8,15-16,18,20-22H,2,5-6,9-14H2,1H3/b16-15+. The third-order valence-electron chi connectivity index (χ3n) is 6.46. The van der Waals surface area contributed by atoms with Crippen molar-refractivity contribution in [1.29, 1.82) is 0 Å². The van der Waals surface area contributed by atoms with Crippen molar-refractivity contribution in [3.05, 3.63) is 46.5 Å². The smallest absolute Gasteiger partial charge is 0.0162 e. The predicted octanol–water partition coefficient (Wildman–Crippen LogP) is 7.24. The van der Waals surface area contributed by atoms with Gasteiger partial charge in [0, 0.05) is 0 Å². The van der Waals surface area contributed by atoms with Gasteiger partial charge in [-0.25, -0.2) is 0 Å². The molecule has 0 N–H and O–H groups in total.